The second kappa shape index (κ2) is 19.9. The van der Waals surface area contributed by atoms with Crippen molar-refractivity contribution in [2.24, 2.45) is 12.8 Å². The minimum absolute atomic E-state index is 0.146. The maximum Gasteiger partial charge on any atom is 0.255 e. The molecule has 3 aliphatic heterocycles. The summed E-state index contributed by atoms with van der Waals surface area (Å²) in [7, 11) is 1.91. The summed E-state index contributed by atoms with van der Waals surface area (Å²) in [4.78, 5) is 56.8. The highest BCUT2D eigenvalue weighted by atomic mass is 16.5. The number of hydrogen-bond donors (Lipinski definition) is 5. The average molecular weight is 832 g/mol. The van der Waals surface area contributed by atoms with Crippen LogP contribution in [-0.2, 0) is 29.7 Å². The Balaban J connectivity index is 0.795. The number of rotatable bonds is 18. The van der Waals surface area contributed by atoms with Gasteiger partial charge in [-0.15, -0.1) is 10.2 Å². The lowest BCUT2D eigenvalue weighted by Crippen LogP contribution is -2.52. The molecule has 61 heavy (non-hydrogen) atoms. The first-order valence-electron chi connectivity index (χ1n) is 21.3. The Bertz CT molecular complexity index is 2230. The van der Waals surface area contributed by atoms with Crippen LogP contribution in [0.25, 0.3) is 5.70 Å². The van der Waals surface area contributed by atoms with Gasteiger partial charge in [-0.05, 0) is 98.8 Å². The number of allylic oxidation sites excluding steroid dienone is 1. The maximum atomic E-state index is 13.2. The van der Waals surface area contributed by atoms with Crippen LogP contribution in [0.4, 0.5) is 11.4 Å². The fourth-order valence-electron chi connectivity index (χ4n) is 8.09. The van der Waals surface area contributed by atoms with Crippen LogP contribution in [0, 0.1) is 0 Å². The number of fused-ring (bicyclic) bond motifs is 1. The standard InChI is InChI=1S/C45H57N11O5/c1-4-8-38(48-29-46)42-52-51-40(53(42)3)27-47-34-10-7-9-32(25-34)43(58)49-30(2)31-11-14-36(15-12-31)61-24-6-5-19-54-20-22-55(23-21-54)35-13-16-37-33(26-35)28-56(45(37)60)39-17-18-41(57)50-44(39)59/h7-16,25-26,30,39,47-48H,4-6,17-24,27-29,46H2,1-3H3,(H,49,58)(H,50,57,59)/b38-8-/t30-,39?/m1/s1. The van der Waals surface area contributed by atoms with Crippen LogP contribution in [0.1, 0.15) is 95.5 Å². The number of ether oxygens (including phenoxy) is 1. The number of nitrogens with two attached hydrogens (primary N) is 1. The molecule has 4 amide bonds. The van der Waals surface area contributed by atoms with Gasteiger partial charge in [0.25, 0.3) is 11.8 Å². The third-order valence-electron chi connectivity index (χ3n) is 11.6. The van der Waals surface area contributed by atoms with E-state index in [0.717, 1.165) is 91.8 Å². The Kier molecular flexibility index (Phi) is 14.0. The molecule has 0 aliphatic carbocycles. The number of nitrogens with zero attached hydrogens (tertiary/aromatic N) is 6. The molecule has 4 heterocycles. The van der Waals surface area contributed by atoms with Gasteiger partial charge in [-0.1, -0.05) is 31.2 Å². The molecule has 2 atom stereocenters. The number of carbonyl (C=O) groups excluding carboxylic acids is 4. The van der Waals surface area contributed by atoms with Gasteiger partial charge in [-0.3, -0.25) is 29.4 Å². The molecular formula is C45H57N11O5. The minimum atomic E-state index is -0.605. The molecule has 0 bridgehead atoms. The normalized spacial score (nSPS) is 17.5. The molecule has 1 aromatic heterocycles. The van der Waals surface area contributed by atoms with Crippen molar-refractivity contribution in [3.63, 3.8) is 0 Å². The van der Waals surface area contributed by atoms with E-state index in [1.54, 1.807) is 11.0 Å². The summed E-state index contributed by atoms with van der Waals surface area (Å²) in [5.41, 5.74) is 11.5. The molecule has 7 rings (SSSR count). The number of hydrogen-bond acceptors (Lipinski definition) is 12. The van der Waals surface area contributed by atoms with Gasteiger partial charge in [0.05, 0.1) is 31.6 Å². The van der Waals surface area contributed by atoms with E-state index in [-0.39, 0.29) is 36.1 Å². The Morgan fingerprint density at radius 3 is 2.57 bits per heavy atom. The highest BCUT2D eigenvalue weighted by Gasteiger charge is 2.39. The smallest absolute Gasteiger partial charge is 0.255 e. The Labute approximate surface area is 356 Å². The third-order valence-corrected chi connectivity index (χ3v) is 11.6. The first kappa shape index (κ1) is 42.8. The van der Waals surface area contributed by atoms with Gasteiger partial charge in [-0.2, -0.15) is 0 Å². The van der Waals surface area contributed by atoms with E-state index in [9.17, 15) is 19.2 Å². The monoisotopic (exact) mass is 831 g/mol. The lowest BCUT2D eigenvalue weighted by atomic mass is 10.0. The number of nitrogens with one attached hydrogen (secondary N) is 4. The summed E-state index contributed by atoms with van der Waals surface area (Å²) in [6.07, 6.45) is 5.44. The van der Waals surface area contributed by atoms with Crippen LogP contribution in [0.5, 0.6) is 5.75 Å². The van der Waals surface area contributed by atoms with Crippen molar-refractivity contribution in [2.75, 3.05) is 56.2 Å². The number of anilines is 2. The quantitative estimate of drug-likeness (QED) is 0.0553. The fraction of sp³-hybridized carbons (Fsp3) is 0.422. The van der Waals surface area contributed by atoms with Gasteiger partial charge < -0.3 is 40.8 Å². The van der Waals surface area contributed by atoms with E-state index in [1.807, 2.05) is 79.2 Å². The van der Waals surface area contributed by atoms with Gasteiger partial charge >= 0.3 is 0 Å². The molecule has 0 spiro atoms. The second-order valence-corrected chi connectivity index (χ2v) is 15.7. The molecule has 2 fully saturated rings. The molecule has 322 valence electrons. The Hall–Kier alpha value is -6.26. The Morgan fingerprint density at radius 1 is 1.02 bits per heavy atom. The first-order chi connectivity index (χ1) is 29.6. The summed E-state index contributed by atoms with van der Waals surface area (Å²) in [5.74, 6) is 1.28. The number of amides is 4. The number of unbranched alkanes of at least 4 members (excludes halogenated alkanes) is 1. The largest absolute Gasteiger partial charge is 0.494 e. The van der Waals surface area contributed by atoms with Crippen molar-refractivity contribution in [1.29, 1.82) is 0 Å². The van der Waals surface area contributed by atoms with E-state index in [4.69, 9.17) is 10.5 Å². The van der Waals surface area contributed by atoms with Crippen LogP contribution in [0.2, 0.25) is 0 Å². The zero-order valence-electron chi connectivity index (χ0n) is 35.3. The van der Waals surface area contributed by atoms with Crippen LogP contribution < -0.4 is 36.6 Å². The van der Waals surface area contributed by atoms with Crippen molar-refractivity contribution in [3.8, 4) is 5.75 Å². The second-order valence-electron chi connectivity index (χ2n) is 15.7. The molecule has 16 heteroatoms. The average Bonchev–Trinajstić information content (AvgIpc) is 3.80. The number of carbonyl (C=O) groups is 4. The van der Waals surface area contributed by atoms with E-state index < -0.39 is 6.04 Å². The highest BCUT2D eigenvalue weighted by molar-refractivity contribution is 6.05. The predicted octanol–water partition coefficient (Wildman–Crippen LogP) is 3.92. The third kappa shape index (κ3) is 10.4. The number of imide groups is 1. The molecule has 0 radical (unpaired) electrons. The first-order valence-corrected chi connectivity index (χ1v) is 21.3. The van der Waals surface area contributed by atoms with E-state index in [0.29, 0.717) is 49.7 Å². The van der Waals surface area contributed by atoms with Crippen LogP contribution in [-0.4, -0.2) is 100 Å². The van der Waals surface area contributed by atoms with Gasteiger partial charge in [0, 0.05) is 68.7 Å². The molecule has 1 unspecified atom stereocenters. The predicted molar refractivity (Wildman–Crippen MR) is 233 cm³/mol. The van der Waals surface area contributed by atoms with E-state index in [1.165, 1.54) is 0 Å². The molecule has 0 saturated carbocycles. The minimum Gasteiger partial charge on any atom is -0.494 e. The zero-order valence-corrected chi connectivity index (χ0v) is 35.3. The number of aromatic nitrogens is 3. The zero-order chi connectivity index (χ0) is 42.9. The van der Waals surface area contributed by atoms with Gasteiger partial charge in [-0.25, -0.2) is 0 Å². The van der Waals surface area contributed by atoms with Crippen LogP contribution in [0.15, 0.2) is 72.8 Å². The van der Waals surface area contributed by atoms with Gasteiger partial charge in [0.15, 0.2) is 11.6 Å². The van der Waals surface area contributed by atoms with E-state index >= 15 is 0 Å². The van der Waals surface area contributed by atoms with Crippen molar-refractivity contribution in [1.82, 2.24) is 40.5 Å². The van der Waals surface area contributed by atoms with Gasteiger partial charge in [0.1, 0.15) is 11.8 Å². The lowest BCUT2D eigenvalue weighted by molar-refractivity contribution is -0.136. The Morgan fingerprint density at radius 2 is 1.82 bits per heavy atom. The van der Waals surface area contributed by atoms with Crippen molar-refractivity contribution in [3.05, 3.63) is 107 Å². The molecule has 16 nitrogen and oxygen atoms in total. The summed E-state index contributed by atoms with van der Waals surface area (Å²) in [6.45, 7) is 10.5. The van der Waals surface area contributed by atoms with Crippen LogP contribution >= 0.6 is 0 Å². The van der Waals surface area contributed by atoms with Crippen molar-refractivity contribution in [2.45, 2.75) is 71.1 Å². The molecule has 6 N–H and O–H groups in total. The highest BCUT2D eigenvalue weighted by Crippen LogP contribution is 2.31. The van der Waals surface area contributed by atoms with Gasteiger partial charge in [0.2, 0.25) is 11.8 Å². The fourth-order valence-corrected chi connectivity index (χ4v) is 8.09. The SMILES string of the molecule is CC/C=C(\NCN)c1nnc(CNc2cccc(C(=O)N[C@H](C)c3ccc(OCCCCN4CCN(c5ccc6c(c5)CN(C5CCC(=O)NC5=O)C6=O)CC4)cc3)c2)n1C. The van der Waals surface area contributed by atoms with Crippen LogP contribution in [0.3, 0.4) is 0 Å². The number of piperazine rings is 1. The molecule has 3 aliphatic rings. The molecule has 4 aromatic rings. The summed E-state index contributed by atoms with van der Waals surface area (Å²) in [5, 5.41) is 20.7. The van der Waals surface area contributed by atoms with E-state index in [2.05, 4.69) is 54.3 Å². The number of piperidine rings is 1. The summed E-state index contributed by atoms with van der Waals surface area (Å²) in [6, 6.07) is 20.4. The maximum absolute atomic E-state index is 13.2. The summed E-state index contributed by atoms with van der Waals surface area (Å²) >= 11 is 0. The molecule has 2 saturated heterocycles. The molecule has 3 aromatic carbocycles. The van der Waals surface area contributed by atoms with Crippen molar-refractivity contribution >= 4 is 40.7 Å². The molecular weight excluding hydrogens is 775 g/mol. The number of benzene rings is 3. The topological polar surface area (TPSA) is 192 Å². The summed E-state index contributed by atoms with van der Waals surface area (Å²) < 4.78 is 7.98. The lowest BCUT2D eigenvalue weighted by Gasteiger charge is -2.36. The van der Waals surface area contributed by atoms with Crippen molar-refractivity contribution < 1.29 is 23.9 Å².